The van der Waals surface area contributed by atoms with Gasteiger partial charge in [0.25, 0.3) is 5.91 Å². The highest BCUT2D eigenvalue weighted by Crippen LogP contribution is 2.18. The third-order valence-corrected chi connectivity index (χ3v) is 2.40. The largest absolute Gasteiger partial charge is 0.364 e. The van der Waals surface area contributed by atoms with Crippen molar-refractivity contribution >= 4 is 17.2 Å². The number of aromatic nitrogens is 3. The zero-order valence-corrected chi connectivity index (χ0v) is 7.86. The average Bonchev–Trinajstić information content (AvgIpc) is 2.68. The van der Waals surface area contributed by atoms with Crippen LogP contribution in [0, 0.1) is 0 Å². The summed E-state index contributed by atoms with van der Waals surface area (Å²) >= 11 is 1.20. The van der Waals surface area contributed by atoms with Gasteiger partial charge in [-0.1, -0.05) is 0 Å². The molecule has 0 aliphatic heterocycles. The highest BCUT2D eigenvalue weighted by atomic mass is 32.1. The number of thiazole rings is 1. The topological polar surface area (TPSA) is 81.8 Å². The Morgan fingerprint density at radius 2 is 2.21 bits per heavy atom. The first kappa shape index (κ1) is 8.76. The standard InChI is InChI=1S/C8H6N4OS/c9-7(13)8-12-6(4-14-8)5-3-10-1-2-11-5/h1-4H,(H2,9,13). The van der Waals surface area contributed by atoms with Gasteiger partial charge in [-0.2, -0.15) is 0 Å². The first-order valence-electron chi connectivity index (χ1n) is 3.79. The molecule has 0 unspecified atom stereocenters. The number of nitrogens with two attached hydrogens (primary N) is 1. The van der Waals surface area contributed by atoms with Gasteiger partial charge in [0.15, 0.2) is 5.01 Å². The molecular weight excluding hydrogens is 200 g/mol. The molecule has 0 atom stereocenters. The fourth-order valence-corrected chi connectivity index (χ4v) is 1.60. The SMILES string of the molecule is NC(=O)c1nc(-c2cnccn2)cs1. The molecule has 0 bridgehead atoms. The maximum absolute atomic E-state index is 10.8. The Labute approximate surface area is 83.7 Å². The predicted octanol–water partition coefficient (Wildman–Crippen LogP) is 0.699. The van der Waals surface area contributed by atoms with Crippen LogP contribution < -0.4 is 5.73 Å². The molecule has 70 valence electrons. The number of amides is 1. The third kappa shape index (κ3) is 1.60. The lowest BCUT2D eigenvalue weighted by molar-refractivity contribution is 0.1000. The number of carbonyl (C=O) groups excluding carboxylic acids is 1. The number of nitrogens with zero attached hydrogens (tertiary/aromatic N) is 3. The molecule has 0 saturated carbocycles. The fourth-order valence-electron chi connectivity index (χ4n) is 0.936. The second kappa shape index (κ2) is 3.51. The number of primary amides is 1. The molecule has 0 radical (unpaired) electrons. The maximum atomic E-state index is 10.8. The first-order chi connectivity index (χ1) is 6.77. The lowest BCUT2D eigenvalue weighted by Crippen LogP contribution is -2.10. The van der Waals surface area contributed by atoms with E-state index >= 15 is 0 Å². The molecule has 6 heteroatoms. The smallest absolute Gasteiger partial charge is 0.277 e. The van der Waals surface area contributed by atoms with E-state index in [4.69, 9.17) is 5.73 Å². The van der Waals surface area contributed by atoms with Crippen molar-refractivity contribution in [2.75, 3.05) is 0 Å². The molecule has 2 rings (SSSR count). The Bertz CT molecular complexity index is 453. The van der Waals surface area contributed by atoms with Crippen LogP contribution in [0.2, 0.25) is 0 Å². The first-order valence-corrected chi connectivity index (χ1v) is 4.67. The van der Waals surface area contributed by atoms with Crippen LogP contribution in [0.4, 0.5) is 0 Å². The summed E-state index contributed by atoms with van der Waals surface area (Å²) in [5, 5.41) is 2.01. The Kier molecular flexibility index (Phi) is 2.19. The minimum atomic E-state index is -0.523. The number of hydrogen-bond donors (Lipinski definition) is 1. The molecule has 2 N–H and O–H groups in total. The van der Waals surface area contributed by atoms with Gasteiger partial charge in [0.2, 0.25) is 0 Å². The van der Waals surface area contributed by atoms with Crippen LogP contribution >= 0.6 is 11.3 Å². The van der Waals surface area contributed by atoms with Gasteiger partial charge < -0.3 is 5.73 Å². The van der Waals surface area contributed by atoms with Crippen molar-refractivity contribution in [1.29, 1.82) is 0 Å². The van der Waals surface area contributed by atoms with E-state index in [0.29, 0.717) is 11.4 Å². The fraction of sp³-hybridized carbons (Fsp3) is 0. The van der Waals surface area contributed by atoms with E-state index < -0.39 is 5.91 Å². The summed E-state index contributed by atoms with van der Waals surface area (Å²) in [5.74, 6) is -0.523. The van der Waals surface area contributed by atoms with E-state index in [1.54, 1.807) is 24.0 Å². The molecule has 5 nitrogen and oxygen atoms in total. The van der Waals surface area contributed by atoms with Crippen LogP contribution in [0.25, 0.3) is 11.4 Å². The van der Waals surface area contributed by atoms with Gasteiger partial charge in [-0.05, 0) is 0 Å². The average molecular weight is 206 g/mol. The normalized spacial score (nSPS) is 10.0. The molecule has 14 heavy (non-hydrogen) atoms. The molecular formula is C8H6N4OS. The van der Waals surface area contributed by atoms with Gasteiger partial charge in [0, 0.05) is 17.8 Å². The molecule has 0 aliphatic carbocycles. The minimum Gasteiger partial charge on any atom is -0.364 e. The third-order valence-electron chi connectivity index (χ3n) is 1.54. The zero-order chi connectivity index (χ0) is 9.97. The van der Waals surface area contributed by atoms with Crippen LogP contribution in [0.5, 0.6) is 0 Å². The van der Waals surface area contributed by atoms with E-state index in [1.165, 1.54) is 11.3 Å². The van der Waals surface area contributed by atoms with Crippen molar-refractivity contribution in [3.8, 4) is 11.4 Å². The van der Waals surface area contributed by atoms with Gasteiger partial charge in [-0.25, -0.2) is 4.98 Å². The number of rotatable bonds is 2. The molecule has 0 spiro atoms. The van der Waals surface area contributed by atoms with Crippen LogP contribution in [0.1, 0.15) is 9.80 Å². The quantitative estimate of drug-likeness (QED) is 0.784. The Morgan fingerprint density at radius 3 is 2.79 bits per heavy atom. The molecule has 0 saturated heterocycles. The molecule has 2 heterocycles. The van der Waals surface area contributed by atoms with E-state index in [9.17, 15) is 4.79 Å². The molecule has 2 aromatic rings. The Balaban J connectivity index is 2.39. The highest BCUT2D eigenvalue weighted by molar-refractivity contribution is 7.12. The van der Waals surface area contributed by atoms with Crippen LogP contribution in [-0.4, -0.2) is 20.9 Å². The monoisotopic (exact) mass is 206 g/mol. The van der Waals surface area contributed by atoms with Crippen molar-refractivity contribution in [3.05, 3.63) is 29.0 Å². The predicted molar refractivity (Wildman–Crippen MR) is 51.7 cm³/mol. The zero-order valence-electron chi connectivity index (χ0n) is 7.04. The Morgan fingerprint density at radius 1 is 1.36 bits per heavy atom. The van der Waals surface area contributed by atoms with E-state index in [-0.39, 0.29) is 5.01 Å². The second-order valence-electron chi connectivity index (χ2n) is 2.49. The maximum Gasteiger partial charge on any atom is 0.277 e. The molecule has 2 aromatic heterocycles. The van der Waals surface area contributed by atoms with Crippen molar-refractivity contribution in [1.82, 2.24) is 15.0 Å². The summed E-state index contributed by atoms with van der Waals surface area (Å²) < 4.78 is 0. The van der Waals surface area contributed by atoms with Crippen LogP contribution in [0.3, 0.4) is 0 Å². The minimum absolute atomic E-state index is 0.283. The van der Waals surface area contributed by atoms with Crippen LogP contribution in [-0.2, 0) is 0 Å². The van der Waals surface area contributed by atoms with Crippen molar-refractivity contribution in [3.63, 3.8) is 0 Å². The molecule has 1 amide bonds. The molecule has 0 fully saturated rings. The summed E-state index contributed by atoms with van der Waals surface area (Å²) in [5.41, 5.74) is 6.34. The number of hydrogen-bond acceptors (Lipinski definition) is 5. The van der Waals surface area contributed by atoms with E-state index in [1.807, 2.05) is 0 Å². The van der Waals surface area contributed by atoms with Crippen molar-refractivity contribution in [2.45, 2.75) is 0 Å². The van der Waals surface area contributed by atoms with Crippen molar-refractivity contribution < 1.29 is 4.79 Å². The molecule has 0 aromatic carbocycles. The Hall–Kier alpha value is -1.82. The lowest BCUT2D eigenvalue weighted by atomic mass is 10.3. The lowest BCUT2D eigenvalue weighted by Gasteiger charge is -1.91. The van der Waals surface area contributed by atoms with E-state index in [2.05, 4.69) is 15.0 Å². The van der Waals surface area contributed by atoms with Crippen LogP contribution in [0.15, 0.2) is 24.0 Å². The van der Waals surface area contributed by atoms with Crippen molar-refractivity contribution in [2.24, 2.45) is 5.73 Å². The summed E-state index contributed by atoms with van der Waals surface area (Å²) in [7, 11) is 0. The summed E-state index contributed by atoms with van der Waals surface area (Å²) in [6.07, 6.45) is 4.73. The summed E-state index contributed by atoms with van der Waals surface area (Å²) in [6.45, 7) is 0. The van der Waals surface area contributed by atoms with Gasteiger partial charge >= 0.3 is 0 Å². The number of carbonyl (C=O) groups is 1. The van der Waals surface area contributed by atoms with Gasteiger partial charge in [-0.15, -0.1) is 11.3 Å². The van der Waals surface area contributed by atoms with Gasteiger partial charge in [-0.3, -0.25) is 14.8 Å². The summed E-state index contributed by atoms with van der Waals surface area (Å²) in [6, 6.07) is 0. The highest BCUT2D eigenvalue weighted by Gasteiger charge is 2.08. The second-order valence-corrected chi connectivity index (χ2v) is 3.35. The van der Waals surface area contributed by atoms with Gasteiger partial charge in [0.05, 0.1) is 6.20 Å². The van der Waals surface area contributed by atoms with Gasteiger partial charge in [0.1, 0.15) is 11.4 Å². The summed E-state index contributed by atoms with van der Waals surface area (Å²) in [4.78, 5) is 22.8. The van der Waals surface area contributed by atoms with E-state index in [0.717, 1.165) is 0 Å². The molecule has 0 aliphatic rings.